The molecule has 1 aliphatic heterocycles. The Morgan fingerprint density at radius 3 is 2.94 bits per heavy atom. The minimum atomic E-state index is -0.472. The molecule has 1 aliphatic rings. The van der Waals surface area contributed by atoms with Crippen molar-refractivity contribution >= 4 is 6.09 Å². The summed E-state index contributed by atoms with van der Waals surface area (Å²) in [4.78, 5) is 11.3. The molecule has 2 rings (SSSR count). The number of amides is 1. The molecule has 5 heteroatoms. The molecule has 2 N–H and O–H groups in total. The van der Waals surface area contributed by atoms with Crippen LogP contribution in [0.5, 0.6) is 0 Å². The first kappa shape index (κ1) is 11.9. The first-order valence-corrected chi connectivity index (χ1v) is 5.64. The van der Waals surface area contributed by atoms with Gasteiger partial charge in [0.1, 0.15) is 6.61 Å². The van der Waals surface area contributed by atoms with E-state index in [-0.39, 0.29) is 12.6 Å². The Balaban J connectivity index is 1.64. The number of hydrogen-bond acceptors (Lipinski definition) is 4. The predicted molar refractivity (Wildman–Crippen MR) is 62.1 cm³/mol. The van der Waals surface area contributed by atoms with Gasteiger partial charge in [-0.3, -0.25) is 5.43 Å². The fourth-order valence-corrected chi connectivity index (χ4v) is 1.57. The molecule has 1 amide bonds. The van der Waals surface area contributed by atoms with Crippen molar-refractivity contribution in [1.29, 1.82) is 0 Å². The van der Waals surface area contributed by atoms with Gasteiger partial charge in [-0.25, -0.2) is 10.2 Å². The number of ether oxygens (including phenoxy) is 2. The molecule has 5 nitrogen and oxygen atoms in total. The molecule has 92 valence electrons. The van der Waals surface area contributed by atoms with Gasteiger partial charge in [-0.15, -0.1) is 0 Å². The van der Waals surface area contributed by atoms with Crippen LogP contribution in [0.2, 0.25) is 0 Å². The van der Waals surface area contributed by atoms with Crippen LogP contribution in [0.1, 0.15) is 12.0 Å². The van der Waals surface area contributed by atoms with Crippen LogP contribution in [0.15, 0.2) is 30.3 Å². The Hall–Kier alpha value is -1.59. The van der Waals surface area contributed by atoms with Gasteiger partial charge in [-0.05, 0) is 12.0 Å². The first-order chi connectivity index (χ1) is 8.34. The van der Waals surface area contributed by atoms with Crippen molar-refractivity contribution in [3.63, 3.8) is 0 Å². The summed E-state index contributed by atoms with van der Waals surface area (Å²) >= 11 is 0. The van der Waals surface area contributed by atoms with Crippen LogP contribution in [-0.2, 0) is 16.1 Å². The third kappa shape index (κ3) is 4.05. The molecule has 1 fully saturated rings. The van der Waals surface area contributed by atoms with E-state index in [1.807, 2.05) is 30.3 Å². The smallest absolute Gasteiger partial charge is 0.421 e. The van der Waals surface area contributed by atoms with Crippen molar-refractivity contribution < 1.29 is 14.3 Å². The molecule has 0 bridgehead atoms. The number of nitrogens with one attached hydrogen (secondary N) is 2. The SMILES string of the molecule is O=C(NNC1CCOC1)OCc1ccccc1. The lowest BCUT2D eigenvalue weighted by Gasteiger charge is -2.12. The highest BCUT2D eigenvalue weighted by atomic mass is 16.6. The summed E-state index contributed by atoms with van der Waals surface area (Å²) in [7, 11) is 0. The van der Waals surface area contributed by atoms with E-state index < -0.39 is 6.09 Å². The normalized spacial score (nSPS) is 18.9. The van der Waals surface area contributed by atoms with Crippen LogP contribution >= 0.6 is 0 Å². The summed E-state index contributed by atoms with van der Waals surface area (Å²) in [5.74, 6) is 0. The van der Waals surface area contributed by atoms with Crippen molar-refractivity contribution in [1.82, 2.24) is 10.9 Å². The van der Waals surface area contributed by atoms with Crippen molar-refractivity contribution in [2.75, 3.05) is 13.2 Å². The highest BCUT2D eigenvalue weighted by Crippen LogP contribution is 2.02. The van der Waals surface area contributed by atoms with E-state index in [0.717, 1.165) is 18.6 Å². The molecule has 0 radical (unpaired) electrons. The van der Waals surface area contributed by atoms with E-state index in [1.165, 1.54) is 0 Å². The van der Waals surface area contributed by atoms with E-state index in [2.05, 4.69) is 10.9 Å². The van der Waals surface area contributed by atoms with Gasteiger partial charge < -0.3 is 9.47 Å². The molecule has 1 atom stereocenters. The van der Waals surface area contributed by atoms with E-state index >= 15 is 0 Å². The number of hydrogen-bond donors (Lipinski definition) is 2. The Bertz CT molecular complexity index is 350. The van der Waals surface area contributed by atoms with Crippen LogP contribution in [0.25, 0.3) is 0 Å². The molecule has 0 saturated carbocycles. The second kappa shape index (κ2) is 6.22. The highest BCUT2D eigenvalue weighted by molar-refractivity contribution is 5.66. The van der Waals surface area contributed by atoms with Crippen molar-refractivity contribution in [2.24, 2.45) is 0 Å². The lowest BCUT2D eigenvalue weighted by molar-refractivity contribution is 0.131. The van der Waals surface area contributed by atoms with E-state index in [4.69, 9.17) is 9.47 Å². The Kier molecular flexibility index (Phi) is 4.35. The maximum absolute atomic E-state index is 11.3. The van der Waals surface area contributed by atoms with Gasteiger partial charge >= 0.3 is 6.09 Å². The molecule has 1 saturated heterocycles. The minimum Gasteiger partial charge on any atom is -0.444 e. The Labute approximate surface area is 100 Å². The average molecular weight is 236 g/mol. The van der Waals surface area contributed by atoms with Crippen LogP contribution in [0, 0.1) is 0 Å². The zero-order chi connectivity index (χ0) is 11.9. The van der Waals surface area contributed by atoms with E-state index in [1.54, 1.807) is 0 Å². The van der Waals surface area contributed by atoms with Crippen LogP contribution in [-0.4, -0.2) is 25.3 Å². The zero-order valence-corrected chi connectivity index (χ0v) is 9.52. The number of carbonyl (C=O) groups excluding carboxylic acids is 1. The summed E-state index contributed by atoms with van der Waals surface area (Å²) in [5.41, 5.74) is 6.34. The molecule has 0 aromatic heterocycles. The summed E-state index contributed by atoms with van der Waals surface area (Å²) < 4.78 is 10.2. The minimum absolute atomic E-state index is 0.180. The topological polar surface area (TPSA) is 59.6 Å². The fraction of sp³-hybridized carbons (Fsp3) is 0.417. The van der Waals surface area contributed by atoms with Crippen LogP contribution in [0.4, 0.5) is 4.79 Å². The monoisotopic (exact) mass is 236 g/mol. The second-order valence-corrected chi connectivity index (χ2v) is 3.89. The molecule has 1 unspecified atom stereocenters. The molecule has 0 aliphatic carbocycles. The lowest BCUT2D eigenvalue weighted by atomic mass is 10.2. The molecular formula is C12H16N2O3. The second-order valence-electron chi connectivity index (χ2n) is 3.89. The average Bonchev–Trinajstić information content (AvgIpc) is 2.88. The fourth-order valence-electron chi connectivity index (χ4n) is 1.57. The van der Waals surface area contributed by atoms with Gasteiger partial charge in [-0.2, -0.15) is 0 Å². The number of rotatable bonds is 4. The number of carbonyl (C=O) groups is 1. The molecule has 1 heterocycles. The third-order valence-electron chi connectivity index (χ3n) is 2.52. The molecule has 1 aromatic carbocycles. The van der Waals surface area contributed by atoms with Gasteiger partial charge in [0, 0.05) is 6.61 Å². The maximum Gasteiger partial charge on any atom is 0.421 e. The zero-order valence-electron chi connectivity index (χ0n) is 9.52. The first-order valence-electron chi connectivity index (χ1n) is 5.64. The lowest BCUT2D eigenvalue weighted by Crippen LogP contribution is -2.44. The largest absolute Gasteiger partial charge is 0.444 e. The summed E-state index contributed by atoms with van der Waals surface area (Å²) in [6.45, 7) is 1.63. The van der Waals surface area contributed by atoms with Gasteiger partial charge in [0.05, 0.1) is 12.6 Å². The third-order valence-corrected chi connectivity index (χ3v) is 2.52. The standard InChI is InChI=1S/C12H16N2O3/c15-12(14-13-11-6-7-16-9-11)17-8-10-4-2-1-3-5-10/h1-5,11,13H,6-9H2,(H,14,15). The van der Waals surface area contributed by atoms with Crippen molar-refractivity contribution in [3.8, 4) is 0 Å². The van der Waals surface area contributed by atoms with Gasteiger partial charge in [0.15, 0.2) is 0 Å². The molecule has 1 aromatic rings. The van der Waals surface area contributed by atoms with E-state index in [9.17, 15) is 4.79 Å². The van der Waals surface area contributed by atoms with Gasteiger partial charge in [0.25, 0.3) is 0 Å². The maximum atomic E-state index is 11.3. The molecular weight excluding hydrogens is 220 g/mol. The quantitative estimate of drug-likeness (QED) is 0.771. The van der Waals surface area contributed by atoms with Gasteiger partial charge in [-0.1, -0.05) is 30.3 Å². The molecule has 17 heavy (non-hydrogen) atoms. The summed E-state index contributed by atoms with van der Waals surface area (Å²) in [6.07, 6.45) is 0.430. The Morgan fingerprint density at radius 2 is 2.24 bits per heavy atom. The van der Waals surface area contributed by atoms with Crippen molar-refractivity contribution in [3.05, 3.63) is 35.9 Å². The van der Waals surface area contributed by atoms with E-state index in [0.29, 0.717) is 6.61 Å². The Morgan fingerprint density at radius 1 is 1.41 bits per heavy atom. The highest BCUT2D eigenvalue weighted by Gasteiger charge is 2.15. The van der Waals surface area contributed by atoms with Gasteiger partial charge in [0.2, 0.25) is 0 Å². The predicted octanol–water partition coefficient (Wildman–Crippen LogP) is 1.21. The summed E-state index contributed by atoms with van der Waals surface area (Å²) in [6, 6.07) is 9.73. The number of hydrazine groups is 1. The molecule has 0 spiro atoms. The summed E-state index contributed by atoms with van der Waals surface area (Å²) in [5, 5.41) is 0. The van der Waals surface area contributed by atoms with Crippen LogP contribution in [0.3, 0.4) is 0 Å². The number of benzene rings is 1. The van der Waals surface area contributed by atoms with Crippen molar-refractivity contribution in [2.45, 2.75) is 19.1 Å². The van der Waals surface area contributed by atoms with Crippen LogP contribution < -0.4 is 10.9 Å².